The summed E-state index contributed by atoms with van der Waals surface area (Å²) in [6.45, 7) is 19.1. The Morgan fingerprint density at radius 1 is 1.12 bits per heavy atom. The van der Waals surface area contributed by atoms with Crippen molar-refractivity contribution in [2.45, 2.75) is 52.5 Å². The fraction of sp³-hybridized carbons (Fsp3) is 0.950. The molecule has 6 nitrogen and oxygen atoms in total. The molecule has 2 fully saturated rings. The molecule has 0 bridgehead atoms. The van der Waals surface area contributed by atoms with E-state index in [0.717, 1.165) is 57.8 Å². The molecule has 0 aliphatic carbocycles. The van der Waals surface area contributed by atoms with Crippen molar-refractivity contribution >= 4 is 5.96 Å². The predicted octanol–water partition coefficient (Wildman–Crippen LogP) is 1.77. The van der Waals surface area contributed by atoms with Gasteiger partial charge in [-0.2, -0.15) is 0 Å². The molecule has 0 spiro atoms. The van der Waals surface area contributed by atoms with Gasteiger partial charge in [0, 0.05) is 31.7 Å². The third-order valence-electron chi connectivity index (χ3n) is 5.66. The lowest BCUT2D eigenvalue weighted by molar-refractivity contribution is -0.00683. The molecule has 0 aromatic rings. The van der Waals surface area contributed by atoms with E-state index >= 15 is 0 Å². The molecule has 2 aliphatic heterocycles. The van der Waals surface area contributed by atoms with E-state index in [-0.39, 0.29) is 5.54 Å². The fourth-order valence-corrected chi connectivity index (χ4v) is 3.68. The van der Waals surface area contributed by atoms with E-state index in [1.54, 1.807) is 0 Å². The molecule has 0 saturated carbocycles. The van der Waals surface area contributed by atoms with Crippen molar-refractivity contribution in [3.8, 4) is 0 Å². The zero-order chi connectivity index (χ0) is 18.8. The molecule has 2 saturated heterocycles. The summed E-state index contributed by atoms with van der Waals surface area (Å²) < 4.78 is 5.47. The Morgan fingerprint density at radius 3 is 2.46 bits per heavy atom. The highest BCUT2D eigenvalue weighted by Crippen LogP contribution is 2.17. The fourth-order valence-electron chi connectivity index (χ4n) is 3.68. The summed E-state index contributed by atoms with van der Waals surface area (Å²) in [7, 11) is 0. The van der Waals surface area contributed by atoms with E-state index in [2.05, 4.69) is 48.1 Å². The number of hydrogen-bond acceptors (Lipinski definition) is 4. The average Bonchev–Trinajstić information content (AvgIpc) is 2.65. The van der Waals surface area contributed by atoms with Crippen molar-refractivity contribution in [3.63, 3.8) is 0 Å². The normalized spacial score (nSPS) is 21.8. The molecule has 0 aromatic heterocycles. The monoisotopic (exact) mass is 367 g/mol. The van der Waals surface area contributed by atoms with Crippen LogP contribution in [0.3, 0.4) is 0 Å². The van der Waals surface area contributed by atoms with Crippen molar-refractivity contribution in [2.75, 3.05) is 65.6 Å². The first kappa shape index (κ1) is 21.5. The molecule has 0 atom stereocenters. The number of guanidine groups is 1. The maximum atomic E-state index is 5.47. The van der Waals surface area contributed by atoms with Crippen LogP contribution < -0.4 is 10.6 Å². The lowest BCUT2D eigenvalue weighted by atomic mass is 9.99. The zero-order valence-electron chi connectivity index (χ0n) is 17.5. The minimum absolute atomic E-state index is 0.0661. The van der Waals surface area contributed by atoms with Crippen LogP contribution in [0, 0.1) is 5.92 Å². The summed E-state index contributed by atoms with van der Waals surface area (Å²) in [6.07, 6.45) is 3.88. The molecule has 6 heteroatoms. The summed E-state index contributed by atoms with van der Waals surface area (Å²) >= 11 is 0. The smallest absolute Gasteiger partial charge is 0.191 e. The largest absolute Gasteiger partial charge is 0.379 e. The van der Waals surface area contributed by atoms with Gasteiger partial charge < -0.3 is 20.3 Å². The summed E-state index contributed by atoms with van der Waals surface area (Å²) in [6, 6.07) is 0. The van der Waals surface area contributed by atoms with Gasteiger partial charge in [-0.15, -0.1) is 0 Å². The van der Waals surface area contributed by atoms with Gasteiger partial charge in [0.15, 0.2) is 5.96 Å². The number of ether oxygens (including phenoxy) is 1. The van der Waals surface area contributed by atoms with Crippen LogP contribution in [0.2, 0.25) is 0 Å². The average molecular weight is 368 g/mol. The van der Waals surface area contributed by atoms with Crippen LogP contribution in [0.4, 0.5) is 0 Å². The minimum Gasteiger partial charge on any atom is -0.379 e. The van der Waals surface area contributed by atoms with Crippen LogP contribution in [-0.4, -0.2) is 86.9 Å². The first-order valence-corrected chi connectivity index (χ1v) is 10.6. The van der Waals surface area contributed by atoms with Gasteiger partial charge in [-0.1, -0.05) is 6.92 Å². The summed E-state index contributed by atoms with van der Waals surface area (Å²) in [4.78, 5) is 9.94. The van der Waals surface area contributed by atoms with E-state index in [4.69, 9.17) is 9.73 Å². The summed E-state index contributed by atoms with van der Waals surface area (Å²) in [5.74, 6) is 1.85. The molecule has 0 unspecified atom stereocenters. The number of aliphatic imine (C=N–C) groups is 1. The maximum Gasteiger partial charge on any atom is 0.191 e. The number of nitrogens with zero attached hydrogens (tertiary/aromatic N) is 3. The Labute approximate surface area is 160 Å². The van der Waals surface area contributed by atoms with Crippen LogP contribution in [0.5, 0.6) is 0 Å². The molecule has 152 valence electrons. The SMILES string of the molecule is CCNC(=NCC(C)(C)N1CCOCC1)NCCCN1CCC(C)CC1. The van der Waals surface area contributed by atoms with Crippen molar-refractivity contribution in [1.29, 1.82) is 0 Å². The van der Waals surface area contributed by atoms with Crippen molar-refractivity contribution in [3.05, 3.63) is 0 Å². The molecular formula is C20H41N5O. The molecule has 2 heterocycles. The third-order valence-corrected chi connectivity index (χ3v) is 5.66. The van der Waals surface area contributed by atoms with Gasteiger partial charge in [0.1, 0.15) is 0 Å². The number of morpholine rings is 1. The Kier molecular flexibility index (Phi) is 9.16. The van der Waals surface area contributed by atoms with Crippen LogP contribution >= 0.6 is 0 Å². The second kappa shape index (κ2) is 11.1. The Bertz CT molecular complexity index is 412. The molecule has 0 aromatic carbocycles. The highest BCUT2D eigenvalue weighted by molar-refractivity contribution is 5.79. The van der Waals surface area contributed by atoms with Gasteiger partial charge in [0.05, 0.1) is 19.8 Å². The molecule has 0 amide bonds. The van der Waals surface area contributed by atoms with Gasteiger partial charge in [0.25, 0.3) is 0 Å². The number of piperidine rings is 1. The Morgan fingerprint density at radius 2 is 1.81 bits per heavy atom. The third kappa shape index (κ3) is 7.41. The molecular weight excluding hydrogens is 326 g/mol. The topological polar surface area (TPSA) is 52.1 Å². The number of rotatable bonds is 8. The first-order chi connectivity index (χ1) is 12.5. The molecule has 2 rings (SSSR count). The molecule has 2 N–H and O–H groups in total. The zero-order valence-corrected chi connectivity index (χ0v) is 17.5. The second-order valence-electron chi connectivity index (χ2n) is 8.41. The number of hydrogen-bond donors (Lipinski definition) is 2. The minimum atomic E-state index is 0.0661. The van der Waals surface area contributed by atoms with Crippen molar-refractivity contribution in [1.82, 2.24) is 20.4 Å². The Hall–Kier alpha value is -0.850. The highest BCUT2D eigenvalue weighted by atomic mass is 16.5. The van der Waals surface area contributed by atoms with Crippen molar-refractivity contribution in [2.24, 2.45) is 10.9 Å². The van der Waals surface area contributed by atoms with E-state index < -0.39 is 0 Å². The van der Waals surface area contributed by atoms with E-state index in [9.17, 15) is 0 Å². The Balaban J connectivity index is 1.71. The summed E-state index contributed by atoms with van der Waals surface area (Å²) in [5.41, 5.74) is 0.0661. The lowest BCUT2D eigenvalue weighted by Gasteiger charge is -2.39. The van der Waals surface area contributed by atoms with Crippen LogP contribution in [0.1, 0.15) is 47.0 Å². The predicted molar refractivity (Wildman–Crippen MR) is 110 cm³/mol. The standard InChI is InChI=1S/C20H41N5O/c1-5-21-19(22-9-6-10-24-11-7-18(2)8-12-24)23-17-20(3,4)25-13-15-26-16-14-25/h18H,5-17H2,1-4H3,(H2,21,22,23). The highest BCUT2D eigenvalue weighted by Gasteiger charge is 2.28. The van der Waals surface area contributed by atoms with Crippen LogP contribution in [0.15, 0.2) is 4.99 Å². The maximum absolute atomic E-state index is 5.47. The number of likely N-dealkylation sites (tertiary alicyclic amines) is 1. The lowest BCUT2D eigenvalue weighted by Crippen LogP contribution is -2.52. The van der Waals surface area contributed by atoms with E-state index in [0.29, 0.717) is 0 Å². The van der Waals surface area contributed by atoms with Gasteiger partial charge in [-0.3, -0.25) is 9.89 Å². The van der Waals surface area contributed by atoms with Crippen LogP contribution in [0.25, 0.3) is 0 Å². The molecule has 2 aliphatic rings. The number of nitrogens with one attached hydrogen (secondary N) is 2. The summed E-state index contributed by atoms with van der Waals surface area (Å²) in [5, 5.41) is 6.90. The second-order valence-corrected chi connectivity index (χ2v) is 8.41. The molecule has 0 radical (unpaired) electrons. The van der Waals surface area contributed by atoms with Crippen LogP contribution in [-0.2, 0) is 4.74 Å². The van der Waals surface area contributed by atoms with Gasteiger partial charge in [-0.05, 0) is 65.6 Å². The van der Waals surface area contributed by atoms with E-state index in [1.807, 2.05) is 0 Å². The molecule has 26 heavy (non-hydrogen) atoms. The van der Waals surface area contributed by atoms with Gasteiger partial charge in [0.2, 0.25) is 0 Å². The van der Waals surface area contributed by atoms with Gasteiger partial charge >= 0.3 is 0 Å². The first-order valence-electron chi connectivity index (χ1n) is 10.6. The van der Waals surface area contributed by atoms with E-state index in [1.165, 1.54) is 38.9 Å². The van der Waals surface area contributed by atoms with Crippen molar-refractivity contribution < 1.29 is 4.74 Å². The quantitative estimate of drug-likeness (QED) is 0.389. The van der Waals surface area contributed by atoms with Gasteiger partial charge in [-0.25, -0.2) is 0 Å².